The fraction of sp³-hybridized carbons (Fsp3) is 0.500. The van der Waals surface area contributed by atoms with Gasteiger partial charge in [-0.05, 0) is 25.5 Å². The van der Waals surface area contributed by atoms with Gasteiger partial charge in [0, 0.05) is 24.1 Å². The van der Waals surface area contributed by atoms with Crippen LogP contribution in [0.4, 0.5) is 5.95 Å². The Morgan fingerprint density at radius 2 is 2.25 bits per heavy atom. The molecule has 0 radical (unpaired) electrons. The van der Waals surface area contributed by atoms with Gasteiger partial charge < -0.3 is 19.9 Å². The maximum atomic E-state index is 5.92. The zero-order valence-corrected chi connectivity index (χ0v) is 15.2. The van der Waals surface area contributed by atoms with Gasteiger partial charge >= 0.3 is 0 Å². The summed E-state index contributed by atoms with van der Waals surface area (Å²) < 4.78 is 9.22. The molecule has 2 aliphatic rings. The van der Waals surface area contributed by atoms with E-state index in [9.17, 15) is 0 Å². The number of nitrogens with zero attached hydrogens (tertiary/aromatic N) is 5. The van der Waals surface area contributed by atoms with Crippen molar-refractivity contribution in [2.45, 2.75) is 25.9 Å². The molecule has 1 aromatic heterocycles. The van der Waals surface area contributed by atoms with E-state index in [2.05, 4.69) is 43.5 Å². The number of imidazole rings is 1. The van der Waals surface area contributed by atoms with Crippen LogP contribution in [0.3, 0.4) is 0 Å². The summed E-state index contributed by atoms with van der Waals surface area (Å²) in [7, 11) is 0. The van der Waals surface area contributed by atoms with E-state index in [1.807, 2.05) is 11.1 Å². The van der Waals surface area contributed by atoms with E-state index in [0.29, 0.717) is 6.04 Å². The molecule has 2 N–H and O–H groups in total. The third-order valence-corrected chi connectivity index (χ3v) is 5.08. The van der Waals surface area contributed by atoms with Gasteiger partial charge in [-0.15, -0.1) is 0 Å². The minimum Gasteiger partial charge on any atom is -0.491 e. The number of anilines is 1. The van der Waals surface area contributed by atoms with Crippen molar-refractivity contribution in [3.8, 4) is 5.75 Å². The molecule has 24 heavy (non-hydrogen) atoms. The second-order valence-corrected chi connectivity index (χ2v) is 7.18. The molecule has 2 aromatic rings. The number of ether oxygens (including phenoxy) is 1. The molecule has 3 heterocycles. The van der Waals surface area contributed by atoms with Gasteiger partial charge in [-0.2, -0.15) is 5.10 Å². The molecule has 8 heteroatoms. The Labute approximate surface area is 149 Å². The van der Waals surface area contributed by atoms with E-state index in [4.69, 9.17) is 15.5 Å². The van der Waals surface area contributed by atoms with Gasteiger partial charge in [0.05, 0.1) is 24.7 Å². The van der Waals surface area contributed by atoms with Crippen molar-refractivity contribution < 1.29 is 4.74 Å². The van der Waals surface area contributed by atoms with Crippen molar-refractivity contribution in [1.29, 1.82) is 0 Å². The van der Waals surface area contributed by atoms with Crippen LogP contribution < -0.4 is 15.4 Å². The normalized spacial score (nSPS) is 21.3. The molecule has 1 aromatic carbocycles. The number of halogens is 1. The highest BCUT2D eigenvalue weighted by atomic mass is 79.9. The van der Waals surface area contributed by atoms with Crippen LogP contribution in [0.5, 0.6) is 5.75 Å². The third-order valence-electron chi connectivity index (χ3n) is 4.63. The summed E-state index contributed by atoms with van der Waals surface area (Å²) in [6, 6.07) is 4.39. The lowest BCUT2D eigenvalue weighted by Crippen LogP contribution is -2.50. The van der Waals surface area contributed by atoms with Gasteiger partial charge in [0.25, 0.3) is 0 Å². The first-order valence-corrected chi connectivity index (χ1v) is 9.05. The van der Waals surface area contributed by atoms with Crippen molar-refractivity contribution in [3.63, 3.8) is 0 Å². The van der Waals surface area contributed by atoms with Crippen LogP contribution in [-0.2, 0) is 6.54 Å². The summed E-state index contributed by atoms with van der Waals surface area (Å²) in [4.78, 5) is 7.26. The summed E-state index contributed by atoms with van der Waals surface area (Å²) in [5.41, 5.74) is 7.51. The number of aryl methyl sites for hydroxylation is 1. The average Bonchev–Trinajstić information content (AvgIpc) is 2.77. The van der Waals surface area contributed by atoms with Crippen molar-refractivity contribution in [2.24, 2.45) is 10.8 Å². The van der Waals surface area contributed by atoms with Crippen molar-refractivity contribution in [1.82, 2.24) is 14.6 Å². The van der Waals surface area contributed by atoms with Crippen LogP contribution in [0.2, 0.25) is 0 Å². The maximum absolute atomic E-state index is 5.92. The molecule has 0 spiro atoms. The number of hydrogen-bond donors (Lipinski definition) is 1. The number of benzene rings is 1. The standard InChI is InChI=1S/C16H21BrN6O/c1-11-9-21(4-5-23(11)19-10-18)16-20-13-7-12(17)8-14-15(13)22(16)3-2-6-24-14/h7-8,10-11H,2-6,9H2,1H3,(H2,18,19). The molecule has 1 fully saturated rings. The lowest BCUT2D eigenvalue weighted by atomic mass is 10.2. The van der Waals surface area contributed by atoms with Crippen molar-refractivity contribution >= 4 is 39.3 Å². The van der Waals surface area contributed by atoms with Gasteiger partial charge in [0.1, 0.15) is 17.6 Å². The second kappa shape index (κ2) is 6.16. The van der Waals surface area contributed by atoms with Crippen molar-refractivity contribution in [3.05, 3.63) is 16.6 Å². The highest BCUT2D eigenvalue weighted by Crippen LogP contribution is 2.35. The number of hydrogen-bond acceptors (Lipinski definition) is 5. The molecule has 0 saturated carbocycles. The van der Waals surface area contributed by atoms with E-state index >= 15 is 0 Å². The summed E-state index contributed by atoms with van der Waals surface area (Å²) in [6.07, 6.45) is 2.35. The van der Waals surface area contributed by atoms with Crippen LogP contribution in [0, 0.1) is 0 Å². The molecule has 1 atom stereocenters. The van der Waals surface area contributed by atoms with E-state index in [1.165, 1.54) is 6.34 Å². The van der Waals surface area contributed by atoms with Gasteiger partial charge in [-0.3, -0.25) is 5.01 Å². The average molecular weight is 393 g/mol. The molecule has 0 aliphatic carbocycles. The third kappa shape index (κ3) is 2.58. The molecule has 128 valence electrons. The molecule has 1 unspecified atom stereocenters. The first kappa shape index (κ1) is 15.6. The number of aromatic nitrogens is 2. The van der Waals surface area contributed by atoms with Gasteiger partial charge in [0.2, 0.25) is 5.95 Å². The summed E-state index contributed by atoms with van der Waals surface area (Å²) >= 11 is 3.56. The Morgan fingerprint density at radius 1 is 1.38 bits per heavy atom. The van der Waals surface area contributed by atoms with E-state index < -0.39 is 0 Å². The lowest BCUT2D eigenvalue weighted by molar-refractivity contribution is 0.197. The lowest BCUT2D eigenvalue weighted by Gasteiger charge is -2.38. The molecule has 4 rings (SSSR count). The summed E-state index contributed by atoms with van der Waals surface area (Å²) in [5, 5.41) is 6.27. The first-order valence-electron chi connectivity index (χ1n) is 8.25. The largest absolute Gasteiger partial charge is 0.491 e. The van der Waals surface area contributed by atoms with E-state index in [-0.39, 0.29) is 0 Å². The van der Waals surface area contributed by atoms with Crippen LogP contribution in [-0.4, -0.2) is 53.2 Å². The van der Waals surface area contributed by atoms with Crippen molar-refractivity contribution in [2.75, 3.05) is 31.1 Å². The predicted octanol–water partition coefficient (Wildman–Crippen LogP) is 1.99. The fourth-order valence-electron chi connectivity index (χ4n) is 3.54. The summed E-state index contributed by atoms with van der Waals surface area (Å²) in [5.74, 6) is 1.94. The molecule has 2 aliphatic heterocycles. The highest BCUT2D eigenvalue weighted by Gasteiger charge is 2.28. The zero-order chi connectivity index (χ0) is 16.7. The number of piperazine rings is 1. The van der Waals surface area contributed by atoms with Crippen LogP contribution >= 0.6 is 15.9 Å². The molecular weight excluding hydrogens is 372 g/mol. The van der Waals surface area contributed by atoms with Gasteiger partial charge in [0.15, 0.2) is 0 Å². The van der Waals surface area contributed by atoms with E-state index in [0.717, 1.165) is 66.4 Å². The minimum atomic E-state index is 0.291. The molecule has 7 nitrogen and oxygen atoms in total. The molecular formula is C16H21BrN6O. The van der Waals surface area contributed by atoms with Gasteiger partial charge in [-0.1, -0.05) is 15.9 Å². The minimum absolute atomic E-state index is 0.291. The maximum Gasteiger partial charge on any atom is 0.206 e. The van der Waals surface area contributed by atoms with E-state index in [1.54, 1.807) is 0 Å². The number of rotatable bonds is 2. The number of nitrogens with two attached hydrogens (primary N) is 1. The fourth-order valence-corrected chi connectivity index (χ4v) is 3.96. The molecule has 1 saturated heterocycles. The van der Waals surface area contributed by atoms with Crippen LogP contribution in [0.1, 0.15) is 13.3 Å². The van der Waals surface area contributed by atoms with Crippen LogP contribution in [0.25, 0.3) is 11.0 Å². The smallest absolute Gasteiger partial charge is 0.206 e. The Balaban J connectivity index is 1.73. The Bertz CT molecular complexity index is 788. The topological polar surface area (TPSA) is 71.9 Å². The van der Waals surface area contributed by atoms with Crippen LogP contribution in [0.15, 0.2) is 21.7 Å². The highest BCUT2D eigenvalue weighted by molar-refractivity contribution is 9.10. The quantitative estimate of drug-likeness (QED) is 0.624. The zero-order valence-electron chi connectivity index (χ0n) is 13.7. The SMILES string of the molecule is CC1CN(c2nc3cc(Br)cc4c3n2CCCO4)CCN1/N=C\N. The Morgan fingerprint density at radius 3 is 3.04 bits per heavy atom. The first-order chi connectivity index (χ1) is 11.7. The molecule has 0 amide bonds. The Hall–Kier alpha value is -1.96. The summed E-state index contributed by atoms with van der Waals surface area (Å²) in [6.45, 7) is 6.42. The second-order valence-electron chi connectivity index (χ2n) is 6.26. The van der Waals surface area contributed by atoms with Gasteiger partial charge in [-0.25, -0.2) is 4.98 Å². The number of hydrazone groups is 1. The molecule has 0 bridgehead atoms. The Kier molecular flexibility index (Phi) is 3.99. The predicted molar refractivity (Wildman–Crippen MR) is 98.6 cm³/mol. The monoisotopic (exact) mass is 392 g/mol.